The van der Waals surface area contributed by atoms with Crippen LogP contribution in [0.3, 0.4) is 0 Å². The van der Waals surface area contributed by atoms with E-state index in [0.29, 0.717) is 42.8 Å². The van der Waals surface area contributed by atoms with E-state index in [9.17, 15) is 4.79 Å². The van der Waals surface area contributed by atoms with Crippen molar-refractivity contribution in [3.05, 3.63) is 11.8 Å². The number of hydrogen-bond donors (Lipinski definition) is 2. The molecule has 1 aromatic rings. The van der Waals surface area contributed by atoms with Crippen molar-refractivity contribution in [2.45, 2.75) is 5.16 Å². The zero-order valence-electron chi connectivity index (χ0n) is 10.0. The van der Waals surface area contributed by atoms with Gasteiger partial charge in [0.1, 0.15) is 11.4 Å². The summed E-state index contributed by atoms with van der Waals surface area (Å²) in [5.41, 5.74) is 2.50. The molecule has 1 fully saturated rings. The van der Waals surface area contributed by atoms with Crippen molar-refractivity contribution in [2.24, 2.45) is 5.84 Å². The molecule has 0 unspecified atom stereocenters. The number of carbonyl (C=O) groups excluding carboxylic acids is 1. The van der Waals surface area contributed by atoms with Crippen LogP contribution < -0.4 is 16.2 Å². The summed E-state index contributed by atoms with van der Waals surface area (Å²) >= 11 is 1.43. The number of ether oxygens (including phenoxy) is 1. The van der Waals surface area contributed by atoms with Gasteiger partial charge in [0.05, 0.1) is 13.2 Å². The first kappa shape index (κ1) is 13.1. The normalized spacial score (nSPS) is 15.6. The molecule has 98 valence electrons. The van der Waals surface area contributed by atoms with E-state index in [1.165, 1.54) is 18.0 Å². The average molecular weight is 269 g/mol. The van der Waals surface area contributed by atoms with Crippen LogP contribution in [0.25, 0.3) is 0 Å². The van der Waals surface area contributed by atoms with E-state index >= 15 is 0 Å². The fourth-order valence-corrected chi connectivity index (χ4v) is 2.05. The highest BCUT2D eigenvalue weighted by Gasteiger charge is 2.21. The van der Waals surface area contributed by atoms with E-state index in [0.717, 1.165) is 0 Å². The molecule has 0 aromatic carbocycles. The molecule has 0 atom stereocenters. The van der Waals surface area contributed by atoms with Gasteiger partial charge in [-0.1, -0.05) is 11.8 Å². The highest BCUT2D eigenvalue weighted by atomic mass is 32.2. The van der Waals surface area contributed by atoms with E-state index in [2.05, 4.69) is 15.4 Å². The molecule has 2 rings (SSSR count). The number of nitrogens with two attached hydrogens (primary N) is 1. The zero-order valence-corrected chi connectivity index (χ0v) is 10.9. The van der Waals surface area contributed by atoms with Gasteiger partial charge in [0.2, 0.25) is 0 Å². The topological polar surface area (TPSA) is 93.4 Å². The molecule has 0 saturated carbocycles. The van der Waals surface area contributed by atoms with Crippen molar-refractivity contribution in [1.82, 2.24) is 15.4 Å². The molecular weight excluding hydrogens is 254 g/mol. The summed E-state index contributed by atoms with van der Waals surface area (Å²) in [7, 11) is 0. The third-order valence-electron chi connectivity index (χ3n) is 2.62. The zero-order chi connectivity index (χ0) is 13.0. The van der Waals surface area contributed by atoms with Gasteiger partial charge >= 0.3 is 0 Å². The van der Waals surface area contributed by atoms with Crippen LogP contribution in [-0.4, -0.2) is 48.4 Å². The molecule has 1 aliphatic heterocycles. The molecule has 1 aromatic heterocycles. The minimum atomic E-state index is -0.385. The van der Waals surface area contributed by atoms with E-state index < -0.39 is 0 Å². The Hall–Kier alpha value is -1.38. The third kappa shape index (κ3) is 2.71. The second-order valence-electron chi connectivity index (χ2n) is 3.67. The van der Waals surface area contributed by atoms with Crippen LogP contribution in [0.4, 0.5) is 5.82 Å². The summed E-state index contributed by atoms with van der Waals surface area (Å²) in [4.78, 5) is 22.2. The molecule has 0 bridgehead atoms. The van der Waals surface area contributed by atoms with Crippen molar-refractivity contribution in [1.29, 1.82) is 0 Å². The lowest BCUT2D eigenvalue weighted by Gasteiger charge is -2.29. The van der Waals surface area contributed by atoms with Crippen LogP contribution in [0.5, 0.6) is 0 Å². The molecule has 18 heavy (non-hydrogen) atoms. The number of thioether (sulfide) groups is 1. The molecule has 0 spiro atoms. The molecule has 1 amide bonds. The van der Waals surface area contributed by atoms with Crippen molar-refractivity contribution < 1.29 is 9.53 Å². The maximum atomic E-state index is 11.7. The molecule has 3 N–H and O–H groups in total. The second-order valence-corrected chi connectivity index (χ2v) is 4.44. The number of morpholine rings is 1. The highest BCUT2D eigenvalue weighted by Crippen LogP contribution is 2.21. The van der Waals surface area contributed by atoms with E-state index in [1.54, 1.807) is 0 Å². The first-order valence-corrected chi connectivity index (χ1v) is 6.73. The molecule has 0 radical (unpaired) electrons. The number of carbonyl (C=O) groups is 1. The summed E-state index contributed by atoms with van der Waals surface area (Å²) in [6.07, 6.45) is 3.40. The van der Waals surface area contributed by atoms with Crippen molar-refractivity contribution in [3.8, 4) is 0 Å². The predicted octanol–water partition coefficient (Wildman–Crippen LogP) is -0.361. The smallest absolute Gasteiger partial charge is 0.270 e. The fraction of sp³-hybridized carbons (Fsp3) is 0.500. The Bertz CT molecular complexity index is 436. The molecular formula is C10H15N5O2S. The van der Waals surface area contributed by atoms with Crippen LogP contribution in [0.15, 0.2) is 11.4 Å². The van der Waals surface area contributed by atoms with Gasteiger partial charge in [0.25, 0.3) is 5.91 Å². The quantitative estimate of drug-likeness (QED) is 0.254. The number of nitrogens with one attached hydrogen (secondary N) is 1. The lowest BCUT2D eigenvalue weighted by atomic mass is 10.2. The third-order valence-corrected chi connectivity index (χ3v) is 3.18. The monoisotopic (exact) mass is 269 g/mol. The summed E-state index contributed by atoms with van der Waals surface area (Å²) < 4.78 is 5.29. The second kappa shape index (κ2) is 5.98. The number of nitrogen functional groups attached to an aromatic ring is 1. The molecule has 0 aliphatic carbocycles. The van der Waals surface area contributed by atoms with Crippen LogP contribution in [0.2, 0.25) is 0 Å². The fourth-order valence-electron chi connectivity index (χ4n) is 1.71. The maximum Gasteiger partial charge on any atom is 0.270 e. The van der Waals surface area contributed by atoms with Gasteiger partial charge in [-0.2, -0.15) is 0 Å². The van der Waals surface area contributed by atoms with Gasteiger partial charge in [-0.15, -0.1) is 0 Å². The largest absolute Gasteiger partial charge is 0.378 e. The highest BCUT2D eigenvalue weighted by molar-refractivity contribution is 7.98. The molecule has 1 saturated heterocycles. The van der Waals surface area contributed by atoms with E-state index in [4.69, 9.17) is 10.6 Å². The van der Waals surface area contributed by atoms with Gasteiger partial charge in [0.15, 0.2) is 5.16 Å². The maximum absolute atomic E-state index is 11.7. The van der Waals surface area contributed by atoms with E-state index in [1.807, 2.05) is 11.2 Å². The van der Waals surface area contributed by atoms with Gasteiger partial charge in [-0.05, 0) is 6.26 Å². The first-order valence-electron chi connectivity index (χ1n) is 5.51. The minimum Gasteiger partial charge on any atom is -0.378 e. The number of rotatable bonds is 3. The molecule has 7 nitrogen and oxygen atoms in total. The summed E-state index contributed by atoms with van der Waals surface area (Å²) in [5.74, 6) is 5.40. The Morgan fingerprint density at radius 3 is 2.89 bits per heavy atom. The van der Waals surface area contributed by atoms with Gasteiger partial charge in [-0.25, -0.2) is 15.8 Å². The Morgan fingerprint density at radius 2 is 2.28 bits per heavy atom. The molecule has 1 aliphatic rings. The van der Waals surface area contributed by atoms with Crippen LogP contribution >= 0.6 is 11.8 Å². The Kier molecular flexibility index (Phi) is 4.34. The van der Waals surface area contributed by atoms with Gasteiger partial charge < -0.3 is 9.64 Å². The first-order chi connectivity index (χ1) is 8.76. The summed E-state index contributed by atoms with van der Waals surface area (Å²) in [6.45, 7) is 2.66. The number of nitrogens with zero attached hydrogens (tertiary/aromatic N) is 3. The van der Waals surface area contributed by atoms with Gasteiger partial charge in [-0.3, -0.25) is 10.2 Å². The lowest BCUT2D eigenvalue weighted by molar-refractivity contribution is 0.0951. The van der Waals surface area contributed by atoms with Crippen molar-refractivity contribution in [3.63, 3.8) is 0 Å². The van der Waals surface area contributed by atoms with Crippen LogP contribution in [0, 0.1) is 0 Å². The lowest BCUT2D eigenvalue weighted by Crippen LogP contribution is -2.39. The predicted molar refractivity (Wildman–Crippen MR) is 68.5 cm³/mol. The number of hydrogen-bond acceptors (Lipinski definition) is 7. The van der Waals surface area contributed by atoms with Crippen LogP contribution in [0.1, 0.15) is 10.4 Å². The van der Waals surface area contributed by atoms with Gasteiger partial charge in [0, 0.05) is 19.3 Å². The minimum absolute atomic E-state index is 0.385. The van der Waals surface area contributed by atoms with E-state index in [-0.39, 0.29) is 5.91 Å². The Labute approximate surface area is 109 Å². The Morgan fingerprint density at radius 1 is 1.56 bits per heavy atom. The summed E-state index contributed by atoms with van der Waals surface area (Å²) in [6, 6.07) is 0. The average Bonchev–Trinajstić information content (AvgIpc) is 2.46. The standard InChI is InChI=1S/C10H15N5O2S/c1-18-10-12-6-7(9(16)14-11)8(13-10)15-2-4-17-5-3-15/h6H,2-5,11H2,1H3,(H,14,16). The molecule has 8 heteroatoms. The number of aromatic nitrogens is 2. The molecule has 2 heterocycles. The number of anilines is 1. The number of amides is 1. The van der Waals surface area contributed by atoms with Crippen LogP contribution in [-0.2, 0) is 4.74 Å². The summed E-state index contributed by atoms with van der Waals surface area (Å²) in [5, 5.41) is 0.630. The SMILES string of the molecule is CSc1ncc(C(=O)NN)c(N2CCOCC2)n1. The number of hydrazine groups is 1. The van der Waals surface area contributed by atoms with Crippen molar-refractivity contribution >= 4 is 23.5 Å². The van der Waals surface area contributed by atoms with Crippen molar-refractivity contribution in [2.75, 3.05) is 37.5 Å². The Balaban J connectivity index is 2.36.